The Hall–Kier alpha value is -2.44. The summed E-state index contributed by atoms with van der Waals surface area (Å²) in [4.78, 5) is 13.5. The number of aromatic nitrogens is 2. The lowest BCUT2D eigenvalue weighted by molar-refractivity contribution is -0.0498. The van der Waals surface area contributed by atoms with E-state index in [2.05, 4.69) is 14.9 Å². The molecule has 2 rings (SSSR count). The van der Waals surface area contributed by atoms with Gasteiger partial charge in [-0.2, -0.15) is 13.9 Å². The van der Waals surface area contributed by atoms with E-state index in [4.69, 9.17) is 0 Å². The summed E-state index contributed by atoms with van der Waals surface area (Å²) in [5, 5.41) is 6.28. The maximum Gasteiger partial charge on any atom is 0.387 e. The molecule has 0 bridgehead atoms. The zero-order valence-electron chi connectivity index (χ0n) is 10.7. The van der Waals surface area contributed by atoms with E-state index >= 15 is 0 Å². The largest absolute Gasteiger partial charge is 0.435 e. The topological polar surface area (TPSA) is 58.2 Å². The number of hydrogen-bond donors (Lipinski definition) is 1. The number of H-pyrrole nitrogens is 1. The monoisotopic (exact) mass is 281 g/mol. The zero-order chi connectivity index (χ0) is 14.5. The Labute approximate surface area is 114 Å². The van der Waals surface area contributed by atoms with Crippen LogP contribution in [0.4, 0.5) is 8.78 Å². The standard InChI is InChI=1S/C13H13F2N3O2/c1-18(12(19)10-6-16-17-7-10)8-9-2-4-11(5-3-9)20-13(14)15/h2-7,13H,8H2,1H3,(H,16,17). The van der Waals surface area contributed by atoms with Crippen LogP contribution in [0.5, 0.6) is 5.75 Å². The van der Waals surface area contributed by atoms with Crippen LogP contribution in [0.3, 0.4) is 0 Å². The van der Waals surface area contributed by atoms with Crippen LogP contribution in [0, 0.1) is 0 Å². The normalized spacial score (nSPS) is 10.6. The molecule has 0 aliphatic heterocycles. The van der Waals surface area contributed by atoms with Gasteiger partial charge in [-0.15, -0.1) is 0 Å². The third-order valence-corrected chi connectivity index (χ3v) is 2.66. The third kappa shape index (κ3) is 3.53. The van der Waals surface area contributed by atoms with Gasteiger partial charge in [-0.25, -0.2) is 0 Å². The SMILES string of the molecule is CN(Cc1ccc(OC(F)F)cc1)C(=O)c1cn[nH]c1. The van der Waals surface area contributed by atoms with Crippen LogP contribution in [0.1, 0.15) is 15.9 Å². The summed E-state index contributed by atoms with van der Waals surface area (Å²) < 4.78 is 28.3. The number of nitrogens with zero attached hydrogens (tertiary/aromatic N) is 2. The summed E-state index contributed by atoms with van der Waals surface area (Å²) in [5.74, 6) is -0.0841. The van der Waals surface area contributed by atoms with Crippen molar-refractivity contribution in [1.82, 2.24) is 15.1 Å². The quantitative estimate of drug-likeness (QED) is 0.914. The molecule has 1 amide bonds. The minimum atomic E-state index is -2.84. The van der Waals surface area contributed by atoms with Gasteiger partial charge in [0, 0.05) is 19.8 Å². The van der Waals surface area contributed by atoms with Gasteiger partial charge in [0.25, 0.3) is 5.91 Å². The first kappa shape index (κ1) is 14.0. The molecule has 0 fully saturated rings. The molecular formula is C13H13F2N3O2. The summed E-state index contributed by atoms with van der Waals surface area (Å²) in [7, 11) is 1.65. The molecule has 0 aliphatic rings. The number of alkyl halides is 2. The van der Waals surface area contributed by atoms with Crippen molar-refractivity contribution in [3.8, 4) is 5.75 Å². The number of rotatable bonds is 5. The van der Waals surface area contributed by atoms with E-state index in [9.17, 15) is 13.6 Å². The maximum absolute atomic E-state index is 12.0. The van der Waals surface area contributed by atoms with Crippen LogP contribution in [0.25, 0.3) is 0 Å². The van der Waals surface area contributed by atoms with Gasteiger partial charge >= 0.3 is 6.61 Å². The Balaban J connectivity index is 1.97. The molecule has 1 aromatic heterocycles. The molecule has 20 heavy (non-hydrogen) atoms. The summed E-state index contributed by atoms with van der Waals surface area (Å²) in [5.41, 5.74) is 1.27. The van der Waals surface area contributed by atoms with Gasteiger partial charge in [0.15, 0.2) is 0 Å². The fraction of sp³-hybridized carbons (Fsp3) is 0.231. The highest BCUT2D eigenvalue weighted by Gasteiger charge is 2.13. The first-order chi connectivity index (χ1) is 9.56. The molecule has 0 unspecified atom stereocenters. The highest BCUT2D eigenvalue weighted by molar-refractivity contribution is 5.93. The predicted octanol–water partition coefficient (Wildman–Crippen LogP) is 2.28. The van der Waals surface area contributed by atoms with E-state index in [0.29, 0.717) is 12.1 Å². The van der Waals surface area contributed by atoms with Crippen molar-refractivity contribution in [2.45, 2.75) is 13.2 Å². The average Bonchev–Trinajstić information content (AvgIpc) is 2.93. The van der Waals surface area contributed by atoms with E-state index < -0.39 is 6.61 Å². The number of carbonyl (C=O) groups is 1. The Morgan fingerprint density at radius 1 is 1.40 bits per heavy atom. The number of hydrogen-bond acceptors (Lipinski definition) is 3. The number of carbonyl (C=O) groups excluding carboxylic acids is 1. The number of nitrogens with one attached hydrogen (secondary N) is 1. The lowest BCUT2D eigenvalue weighted by Gasteiger charge is -2.16. The molecule has 1 heterocycles. The van der Waals surface area contributed by atoms with Gasteiger partial charge in [0.1, 0.15) is 5.75 Å². The number of amides is 1. The smallest absolute Gasteiger partial charge is 0.387 e. The molecule has 0 saturated heterocycles. The molecule has 5 nitrogen and oxygen atoms in total. The minimum Gasteiger partial charge on any atom is -0.435 e. The molecule has 0 saturated carbocycles. The van der Waals surface area contributed by atoms with Crippen molar-refractivity contribution < 1.29 is 18.3 Å². The molecule has 0 aliphatic carbocycles. The van der Waals surface area contributed by atoms with Crippen molar-refractivity contribution in [2.24, 2.45) is 0 Å². The predicted molar refractivity (Wildman–Crippen MR) is 67.5 cm³/mol. The molecule has 0 atom stereocenters. The first-order valence-electron chi connectivity index (χ1n) is 5.84. The molecule has 1 N–H and O–H groups in total. The Bertz CT molecular complexity index is 556. The number of benzene rings is 1. The second-order valence-electron chi connectivity index (χ2n) is 4.17. The highest BCUT2D eigenvalue weighted by Crippen LogP contribution is 2.16. The second-order valence-corrected chi connectivity index (χ2v) is 4.17. The minimum absolute atomic E-state index is 0.0903. The summed E-state index contributed by atoms with van der Waals surface area (Å²) in [6.45, 7) is -2.48. The van der Waals surface area contributed by atoms with Gasteiger partial charge in [-0.1, -0.05) is 12.1 Å². The Morgan fingerprint density at radius 2 is 2.10 bits per heavy atom. The van der Waals surface area contributed by atoms with E-state index in [0.717, 1.165) is 5.56 Å². The van der Waals surface area contributed by atoms with Crippen LogP contribution < -0.4 is 4.74 Å². The summed E-state index contributed by atoms with van der Waals surface area (Å²) in [6.07, 6.45) is 2.96. The lowest BCUT2D eigenvalue weighted by atomic mass is 10.2. The number of aromatic amines is 1. The van der Waals surface area contributed by atoms with E-state index in [1.54, 1.807) is 19.2 Å². The molecule has 2 aromatic rings. The molecule has 106 valence electrons. The van der Waals surface area contributed by atoms with Gasteiger partial charge in [-0.05, 0) is 17.7 Å². The third-order valence-electron chi connectivity index (χ3n) is 2.66. The highest BCUT2D eigenvalue weighted by atomic mass is 19.3. The first-order valence-corrected chi connectivity index (χ1v) is 5.84. The van der Waals surface area contributed by atoms with Crippen molar-refractivity contribution in [3.63, 3.8) is 0 Å². The van der Waals surface area contributed by atoms with Gasteiger partial charge in [0.05, 0.1) is 11.8 Å². The van der Waals surface area contributed by atoms with E-state index in [1.807, 2.05) is 0 Å². The Kier molecular flexibility index (Phi) is 4.29. The van der Waals surface area contributed by atoms with Crippen LogP contribution >= 0.6 is 0 Å². The van der Waals surface area contributed by atoms with Gasteiger partial charge in [0.2, 0.25) is 0 Å². The fourth-order valence-electron chi connectivity index (χ4n) is 1.71. The average molecular weight is 281 g/mol. The van der Waals surface area contributed by atoms with Gasteiger partial charge in [-0.3, -0.25) is 9.89 Å². The molecule has 7 heteroatoms. The Morgan fingerprint density at radius 3 is 2.65 bits per heavy atom. The number of ether oxygens (including phenoxy) is 1. The lowest BCUT2D eigenvalue weighted by Crippen LogP contribution is -2.25. The maximum atomic E-state index is 12.0. The molecule has 1 aromatic carbocycles. The zero-order valence-corrected chi connectivity index (χ0v) is 10.7. The molecule has 0 spiro atoms. The fourth-order valence-corrected chi connectivity index (χ4v) is 1.71. The second kappa shape index (κ2) is 6.14. The van der Waals surface area contributed by atoms with Crippen molar-refractivity contribution in [1.29, 1.82) is 0 Å². The van der Waals surface area contributed by atoms with Crippen molar-refractivity contribution >= 4 is 5.91 Å². The van der Waals surface area contributed by atoms with Crippen LogP contribution in [0.15, 0.2) is 36.7 Å². The van der Waals surface area contributed by atoms with Gasteiger partial charge < -0.3 is 9.64 Å². The van der Waals surface area contributed by atoms with Crippen LogP contribution in [-0.2, 0) is 6.54 Å². The summed E-state index contributed by atoms with van der Waals surface area (Å²) >= 11 is 0. The van der Waals surface area contributed by atoms with Crippen molar-refractivity contribution in [2.75, 3.05) is 7.05 Å². The van der Waals surface area contributed by atoms with Crippen LogP contribution in [0.2, 0.25) is 0 Å². The molecular weight excluding hydrogens is 268 g/mol. The van der Waals surface area contributed by atoms with Crippen LogP contribution in [-0.4, -0.2) is 34.7 Å². The molecule has 0 radical (unpaired) electrons. The van der Waals surface area contributed by atoms with E-state index in [-0.39, 0.29) is 11.7 Å². The number of halogens is 2. The van der Waals surface area contributed by atoms with Crippen molar-refractivity contribution in [3.05, 3.63) is 47.8 Å². The summed E-state index contributed by atoms with van der Waals surface area (Å²) in [6, 6.07) is 6.16. The van der Waals surface area contributed by atoms with E-state index in [1.165, 1.54) is 29.4 Å².